The van der Waals surface area contributed by atoms with Gasteiger partial charge in [-0.1, -0.05) is 194 Å². The standard InChI is InChI=1S/C41H80O4/c1-3-5-7-9-11-13-15-17-19-20-22-24-27-31-35-39(36-32-28-26-29-33-37-40(42)43)45-41(44)38-34-30-25-23-21-18-16-14-12-10-8-6-4-2/h39H,3-38H2,1-2H3,(H,42,43). The molecule has 45 heavy (non-hydrogen) atoms. The van der Waals surface area contributed by atoms with E-state index in [0.29, 0.717) is 6.42 Å². The monoisotopic (exact) mass is 637 g/mol. The molecule has 0 aliphatic rings. The molecular formula is C41H80O4. The van der Waals surface area contributed by atoms with Gasteiger partial charge in [0.05, 0.1) is 0 Å². The molecule has 0 aromatic heterocycles. The van der Waals surface area contributed by atoms with Crippen LogP contribution in [-0.2, 0) is 14.3 Å². The maximum atomic E-state index is 12.7. The third kappa shape index (κ3) is 37.3. The molecule has 0 amide bonds. The fourth-order valence-electron chi connectivity index (χ4n) is 6.54. The van der Waals surface area contributed by atoms with E-state index in [-0.39, 0.29) is 18.5 Å². The van der Waals surface area contributed by atoms with E-state index in [9.17, 15) is 9.59 Å². The Kier molecular flexibility index (Phi) is 36.5. The van der Waals surface area contributed by atoms with Crippen molar-refractivity contribution in [2.75, 3.05) is 0 Å². The maximum absolute atomic E-state index is 12.7. The molecule has 0 saturated heterocycles. The van der Waals surface area contributed by atoms with Gasteiger partial charge in [-0.2, -0.15) is 0 Å². The minimum absolute atomic E-state index is 0.00916. The molecule has 0 saturated carbocycles. The first-order chi connectivity index (χ1) is 22.1. The Hall–Kier alpha value is -1.06. The van der Waals surface area contributed by atoms with Crippen LogP contribution in [0.15, 0.2) is 0 Å². The molecule has 0 radical (unpaired) electrons. The summed E-state index contributed by atoms with van der Waals surface area (Å²) in [5.74, 6) is -0.687. The molecule has 0 rings (SSSR count). The highest BCUT2D eigenvalue weighted by Crippen LogP contribution is 2.19. The summed E-state index contributed by atoms with van der Waals surface area (Å²) >= 11 is 0. The number of hydrogen-bond acceptors (Lipinski definition) is 3. The summed E-state index contributed by atoms with van der Waals surface area (Å²) in [6, 6.07) is 0. The highest BCUT2D eigenvalue weighted by atomic mass is 16.5. The molecule has 0 aromatic rings. The van der Waals surface area contributed by atoms with Crippen LogP contribution >= 0.6 is 0 Å². The van der Waals surface area contributed by atoms with Gasteiger partial charge in [0, 0.05) is 12.8 Å². The highest BCUT2D eigenvalue weighted by Gasteiger charge is 2.14. The fourth-order valence-corrected chi connectivity index (χ4v) is 6.54. The van der Waals surface area contributed by atoms with Crippen LogP contribution < -0.4 is 0 Å². The Morgan fingerprint density at radius 2 is 0.667 bits per heavy atom. The molecule has 0 spiro atoms. The molecule has 268 valence electrons. The second-order valence-corrected chi connectivity index (χ2v) is 14.2. The van der Waals surface area contributed by atoms with Crippen molar-refractivity contribution in [2.24, 2.45) is 0 Å². The first-order valence-corrected chi connectivity index (χ1v) is 20.5. The average Bonchev–Trinajstić information content (AvgIpc) is 3.02. The maximum Gasteiger partial charge on any atom is 0.306 e. The summed E-state index contributed by atoms with van der Waals surface area (Å²) < 4.78 is 6.01. The van der Waals surface area contributed by atoms with Crippen LogP contribution in [-0.4, -0.2) is 23.1 Å². The topological polar surface area (TPSA) is 63.6 Å². The van der Waals surface area contributed by atoms with Gasteiger partial charge in [-0.05, 0) is 38.5 Å². The van der Waals surface area contributed by atoms with Crippen molar-refractivity contribution in [2.45, 2.75) is 251 Å². The lowest BCUT2D eigenvalue weighted by molar-refractivity contribution is -0.150. The van der Waals surface area contributed by atoms with Crippen molar-refractivity contribution in [3.8, 4) is 0 Å². The first-order valence-electron chi connectivity index (χ1n) is 20.5. The Morgan fingerprint density at radius 3 is 0.978 bits per heavy atom. The molecule has 0 fully saturated rings. The summed E-state index contributed by atoms with van der Waals surface area (Å²) in [7, 11) is 0. The number of hydrogen-bond donors (Lipinski definition) is 1. The number of esters is 1. The largest absolute Gasteiger partial charge is 0.481 e. The van der Waals surface area contributed by atoms with Crippen molar-refractivity contribution in [1.29, 1.82) is 0 Å². The van der Waals surface area contributed by atoms with Gasteiger partial charge in [0.15, 0.2) is 0 Å². The van der Waals surface area contributed by atoms with Crippen molar-refractivity contribution >= 4 is 11.9 Å². The summed E-state index contributed by atoms with van der Waals surface area (Å²) in [5.41, 5.74) is 0. The summed E-state index contributed by atoms with van der Waals surface area (Å²) in [6.45, 7) is 4.56. The lowest BCUT2D eigenvalue weighted by Crippen LogP contribution is -2.18. The molecule has 1 atom stereocenters. The number of carboxylic acid groups (broad SMARTS) is 1. The summed E-state index contributed by atoms with van der Waals surface area (Å²) in [5, 5.41) is 8.82. The van der Waals surface area contributed by atoms with E-state index in [1.54, 1.807) is 0 Å². The summed E-state index contributed by atoms with van der Waals surface area (Å²) in [6.07, 6.45) is 44.1. The van der Waals surface area contributed by atoms with Crippen LogP contribution in [0, 0.1) is 0 Å². The van der Waals surface area contributed by atoms with Crippen LogP contribution in [0.2, 0.25) is 0 Å². The van der Waals surface area contributed by atoms with E-state index in [2.05, 4.69) is 13.8 Å². The predicted octanol–water partition coefficient (Wildman–Crippen LogP) is 14.1. The van der Waals surface area contributed by atoms with Crippen LogP contribution in [0.25, 0.3) is 0 Å². The number of aliphatic carboxylic acids is 1. The van der Waals surface area contributed by atoms with E-state index in [1.807, 2.05) is 0 Å². The summed E-state index contributed by atoms with van der Waals surface area (Å²) in [4.78, 5) is 23.4. The van der Waals surface area contributed by atoms with Crippen LogP contribution in [0.1, 0.15) is 245 Å². The second kappa shape index (κ2) is 37.4. The van der Waals surface area contributed by atoms with E-state index >= 15 is 0 Å². The Labute approximate surface area is 282 Å². The zero-order valence-electron chi connectivity index (χ0n) is 30.7. The molecule has 1 unspecified atom stereocenters. The van der Waals surface area contributed by atoms with Gasteiger partial charge in [0.25, 0.3) is 0 Å². The highest BCUT2D eigenvalue weighted by molar-refractivity contribution is 5.69. The van der Waals surface area contributed by atoms with E-state index in [4.69, 9.17) is 9.84 Å². The van der Waals surface area contributed by atoms with E-state index in [0.717, 1.165) is 64.2 Å². The van der Waals surface area contributed by atoms with Gasteiger partial charge >= 0.3 is 11.9 Å². The van der Waals surface area contributed by atoms with Crippen molar-refractivity contribution < 1.29 is 19.4 Å². The third-order valence-corrected chi connectivity index (χ3v) is 9.58. The van der Waals surface area contributed by atoms with Crippen molar-refractivity contribution in [3.05, 3.63) is 0 Å². The van der Waals surface area contributed by atoms with Gasteiger partial charge in [-0.3, -0.25) is 9.59 Å². The second-order valence-electron chi connectivity index (χ2n) is 14.2. The molecule has 0 heterocycles. The van der Waals surface area contributed by atoms with Gasteiger partial charge in [0.1, 0.15) is 6.10 Å². The molecule has 0 aliphatic carbocycles. The lowest BCUT2D eigenvalue weighted by atomic mass is 10.0. The SMILES string of the molecule is CCCCCCCCCCCCCCCCC(CCCCCCCC(=O)O)OC(=O)CCCCCCCCCCCCCCC. The Bertz CT molecular complexity index is 604. The molecule has 4 heteroatoms. The predicted molar refractivity (Wildman–Crippen MR) is 195 cm³/mol. The minimum atomic E-state index is -0.696. The zero-order valence-corrected chi connectivity index (χ0v) is 30.7. The first kappa shape index (κ1) is 43.9. The van der Waals surface area contributed by atoms with E-state index < -0.39 is 5.97 Å². The molecule has 0 bridgehead atoms. The molecule has 1 N–H and O–H groups in total. The van der Waals surface area contributed by atoms with Crippen LogP contribution in [0.3, 0.4) is 0 Å². The number of carbonyl (C=O) groups excluding carboxylic acids is 1. The number of rotatable bonds is 38. The fraction of sp³-hybridized carbons (Fsp3) is 0.951. The Balaban J connectivity index is 3.99. The van der Waals surface area contributed by atoms with Crippen LogP contribution in [0.5, 0.6) is 0 Å². The smallest absolute Gasteiger partial charge is 0.306 e. The number of ether oxygens (including phenoxy) is 1. The van der Waals surface area contributed by atoms with Crippen molar-refractivity contribution in [3.63, 3.8) is 0 Å². The third-order valence-electron chi connectivity index (χ3n) is 9.58. The van der Waals surface area contributed by atoms with Gasteiger partial charge in [-0.15, -0.1) is 0 Å². The number of carboxylic acids is 1. The van der Waals surface area contributed by atoms with Gasteiger partial charge in [-0.25, -0.2) is 0 Å². The Morgan fingerprint density at radius 1 is 0.400 bits per heavy atom. The average molecular weight is 637 g/mol. The van der Waals surface area contributed by atoms with E-state index in [1.165, 1.54) is 154 Å². The van der Waals surface area contributed by atoms with Crippen molar-refractivity contribution in [1.82, 2.24) is 0 Å². The molecular weight excluding hydrogens is 556 g/mol. The quantitative estimate of drug-likeness (QED) is 0.0541. The number of unbranched alkanes of at least 4 members (excludes halogenated alkanes) is 29. The van der Waals surface area contributed by atoms with Crippen LogP contribution in [0.4, 0.5) is 0 Å². The van der Waals surface area contributed by atoms with Gasteiger partial charge in [0.2, 0.25) is 0 Å². The number of carbonyl (C=O) groups is 2. The van der Waals surface area contributed by atoms with Gasteiger partial charge < -0.3 is 9.84 Å². The zero-order chi connectivity index (χ0) is 32.9. The normalized spacial score (nSPS) is 12.0. The lowest BCUT2D eigenvalue weighted by Gasteiger charge is -2.18. The minimum Gasteiger partial charge on any atom is -0.481 e. The molecule has 0 aliphatic heterocycles. The molecule has 0 aromatic carbocycles. The molecule has 4 nitrogen and oxygen atoms in total.